The van der Waals surface area contributed by atoms with Gasteiger partial charge in [0.2, 0.25) is 0 Å². The van der Waals surface area contributed by atoms with Crippen LogP contribution >= 0.6 is 11.8 Å². The molecule has 1 heterocycles. The number of hydrogen-bond donors (Lipinski definition) is 0. The number of hydrogen-bond acceptors (Lipinski definition) is 4. The normalized spacial score (nSPS) is 17.4. The molecule has 0 radical (unpaired) electrons. The molecule has 1 saturated heterocycles. The van der Waals surface area contributed by atoms with E-state index in [1.54, 1.807) is 36.1 Å². The lowest BCUT2D eigenvalue weighted by Gasteiger charge is -2.24. The minimum Gasteiger partial charge on any atom is -0.462 e. The lowest BCUT2D eigenvalue weighted by Crippen LogP contribution is -2.27. The fourth-order valence-electron chi connectivity index (χ4n) is 3.30. The summed E-state index contributed by atoms with van der Waals surface area (Å²) >= 11 is 1.53. The van der Waals surface area contributed by atoms with E-state index in [2.05, 4.69) is 0 Å². The predicted octanol–water partition coefficient (Wildman–Crippen LogP) is 5.68. The number of anilines is 1. The molecule has 1 aliphatic rings. The van der Waals surface area contributed by atoms with E-state index >= 15 is 0 Å². The monoisotopic (exact) mass is 415 g/mol. The minimum atomic E-state index is -0.365. The van der Waals surface area contributed by atoms with Crippen LogP contribution in [0.2, 0.25) is 0 Å². The number of esters is 1. The zero-order valence-electron chi connectivity index (χ0n) is 16.5. The Kier molecular flexibility index (Phi) is 6.00. The second-order valence-corrected chi connectivity index (χ2v) is 7.86. The molecule has 4 nitrogen and oxygen atoms in total. The molecule has 0 aliphatic carbocycles. The molecule has 3 aromatic carbocycles. The van der Waals surface area contributed by atoms with Gasteiger partial charge in [-0.1, -0.05) is 72.4 Å². The van der Waals surface area contributed by atoms with Gasteiger partial charge in [0, 0.05) is 5.69 Å². The molecule has 0 bridgehead atoms. The van der Waals surface area contributed by atoms with Crippen molar-refractivity contribution in [3.8, 4) is 0 Å². The standard InChI is InChI=1S/C25H21NO3S/c1-2-29-25(28)20-13-15-21(16-14-20)26-23(27)22(17-18-9-5-3-6-10-18)30-24(26)19-11-7-4-8-12-19/h3-17,24H,2H2,1H3/b22-17-. The number of thioether (sulfide) groups is 1. The van der Waals surface area contributed by atoms with E-state index in [-0.39, 0.29) is 17.3 Å². The summed E-state index contributed by atoms with van der Waals surface area (Å²) in [6.45, 7) is 2.10. The van der Waals surface area contributed by atoms with Gasteiger partial charge in [0.25, 0.3) is 5.91 Å². The summed E-state index contributed by atoms with van der Waals surface area (Å²) in [4.78, 5) is 27.8. The molecule has 0 N–H and O–H groups in total. The summed E-state index contributed by atoms with van der Waals surface area (Å²) in [7, 11) is 0. The SMILES string of the molecule is CCOC(=O)c1ccc(N2C(=O)/C(=C/c3ccccc3)SC2c2ccccc2)cc1. The molecule has 4 rings (SSSR count). The van der Waals surface area contributed by atoms with Crippen LogP contribution < -0.4 is 4.90 Å². The summed E-state index contributed by atoms with van der Waals surface area (Å²) in [5, 5.41) is -0.179. The van der Waals surface area contributed by atoms with Crippen molar-refractivity contribution in [3.63, 3.8) is 0 Å². The van der Waals surface area contributed by atoms with Crippen LogP contribution in [-0.2, 0) is 9.53 Å². The van der Waals surface area contributed by atoms with Crippen LogP contribution in [0.3, 0.4) is 0 Å². The number of ether oxygens (including phenoxy) is 1. The highest BCUT2D eigenvalue weighted by Gasteiger charge is 2.38. The lowest BCUT2D eigenvalue weighted by molar-refractivity contribution is -0.114. The topological polar surface area (TPSA) is 46.6 Å². The van der Waals surface area contributed by atoms with E-state index in [1.807, 2.05) is 66.7 Å². The van der Waals surface area contributed by atoms with Gasteiger partial charge in [-0.3, -0.25) is 9.69 Å². The molecule has 5 heteroatoms. The fourth-order valence-corrected chi connectivity index (χ4v) is 4.56. The third-order valence-corrected chi connectivity index (χ3v) is 5.99. The van der Waals surface area contributed by atoms with E-state index in [0.717, 1.165) is 16.8 Å². The largest absolute Gasteiger partial charge is 0.462 e. The summed E-state index contributed by atoms with van der Waals surface area (Å²) < 4.78 is 5.06. The maximum atomic E-state index is 13.4. The van der Waals surface area contributed by atoms with E-state index in [9.17, 15) is 9.59 Å². The van der Waals surface area contributed by atoms with Crippen molar-refractivity contribution in [1.82, 2.24) is 0 Å². The quantitative estimate of drug-likeness (QED) is 0.397. The zero-order valence-corrected chi connectivity index (χ0v) is 17.3. The van der Waals surface area contributed by atoms with Gasteiger partial charge in [0.1, 0.15) is 5.37 Å². The number of rotatable bonds is 5. The number of carbonyl (C=O) groups excluding carboxylic acids is 2. The second kappa shape index (κ2) is 9.01. The average molecular weight is 416 g/mol. The predicted molar refractivity (Wildman–Crippen MR) is 121 cm³/mol. The fraction of sp³-hybridized carbons (Fsp3) is 0.120. The van der Waals surface area contributed by atoms with Crippen LogP contribution in [0.25, 0.3) is 6.08 Å². The van der Waals surface area contributed by atoms with Gasteiger partial charge < -0.3 is 4.74 Å². The smallest absolute Gasteiger partial charge is 0.338 e. The maximum Gasteiger partial charge on any atom is 0.338 e. The molecule has 1 unspecified atom stereocenters. The first kappa shape index (κ1) is 20.0. The van der Waals surface area contributed by atoms with Crippen molar-refractivity contribution in [2.75, 3.05) is 11.5 Å². The number of nitrogens with zero attached hydrogens (tertiary/aromatic N) is 1. The Labute approximate surface area is 180 Å². The van der Waals surface area contributed by atoms with Crippen molar-refractivity contribution >= 4 is 35.4 Å². The molecule has 0 saturated carbocycles. The molecule has 1 amide bonds. The van der Waals surface area contributed by atoms with E-state index in [4.69, 9.17) is 4.74 Å². The maximum absolute atomic E-state index is 13.4. The Hall–Kier alpha value is -3.31. The van der Waals surface area contributed by atoms with E-state index in [1.165, 1.54) is 11.8 Å². The van der Waals surface area contributed by atoms with Gasteiger partial charge in [-0.2, -0.15) is 0 Å². The molecule has 150 valence electrons. The van der Waals surface area contributed by atoms with Crippen molar-refractivity contribution < 1.29 is 14.3 Å². The third-order valence-electron chi connectivity index (χ3n) is 4.74. The van der Waals surface area contributed by atoms with Crippen molar-refractivity contribution in [3.05, 3.63) is 107 Å². The molecule has 30 heavy (non-hydrogen) atoms. The Bertz CT molecular complexity index is 1060. The average Bonchev–Trinajstić information content (AvgIpc) is 3.11. The third kappa shape index (κ3) is 4.16. The van der Waals surface area contributed by atoms with Crippen LogP contribution in [0.15, 0.2) is 89.8 Å². The molecular weight excluding hydrogens is 394 g/mol. The first-order chi connectivity index (χ1) is 14.7. The molecule has 1 aliphatic heterocycles. The van der Waals surface area contributed by atoms with Gasteiger partial charge in [-0.25, -0.2) is 4.79 Å². The molecule has 0 spiro atoms. The Morgan fingerprint density at radius 2 is 1.60 bits per heavy atom. The Morgan fingerprint density at radius 1 is 0.967 bits per heavy atom. The molecule has 1 fully saturated rings. The molecular formula is C25H21NO3S. The highest BCUT2D eigenvalue weighted by Crippen LogP contribution is 2.48. The summed E-state index contributed by atoms with van der Waals surface area (Å²) in [6.07, 6.45) is 1.93. The summed E-state index contributed by atoms with van der Waals surface area (Å²) in [6, 6.07) is 26.8. The number of benzene rings is 3. The van der Waals surface area contributed by atoms with Crippen LogP contribution in [0, 0.1) is 0 Å². The van der Waals surface area contributed by atoms with Crippen molar-refractivity contribution in [2.45, 2.75) is 12.3 Å². The highest BCUT2D eigenvalue weighted by molar-refractivity contribution is 8.05. The molecule has 1 atom stereocenters. The van der Waals surface area contributed by atoms with Gasteiger partial charge >= 0.3 is 5.97 Å². The molecule has 3 aromatic rings. The van der Waals surface area contributed by atoms with Crippen molar-refractivity contribution in [1.29, 1.82) is 0 Å². The number of carbonyl (C=O) groups is 2. The van der Waals surface area contributed by atoms with Crippen LogP contribution in [0.5, 0.6) is 0 Å². The Morgan fingerprint density at radius 3 is 2.23 bits per heavy atom. The van der Waals surface area contributed by atoms with Gasteiger partial charge in [-0.15, -0.1) is 0 Å². The van der Waals surface area contributed by atoms with Crippen LogP contribution in [0.1, 0.15) is 33.8 Å². The van der Waals surface area contributed by atoms with E-state index < -0.39 is 0 Å². The van der Waals surface area contributed by atoms with Crippen LogP contribution in [-0.4, -0.2) is 18.5 Å². The van der Waals surface area contributed by atoms with Gasteiger partial charge in [0.05, 0.1) is 17.1 Å². The number of amides is 1. The van der Waals surface area contributed by atoms with Gasteiger partial charge in [0.15, 0.2) is 0 Å². The summed E-state index contributed by atoms with van der Waals surface area (Å²) in [5.41, 5.74) is 3.24. The highest BCUT2D eigenvalue weighted by atomic mass is 32.2. The van der Waals surface area contributed by atoms with Crippen LogP contribution in [0.4, 0.5) is 5.69 Å². The second-order valence-electron chi connectivity index (χ2n) is 6.74. The van der Waals surface area contributed by atoms with Crippen molar-refractivity contribution in [2.24, 2.45) is 0 Å². The first-order valence-corrected chi connectivity index (χ1v) is 10.6. The van der Waals surface area contributed by atoms with Gasteiger partial charge in [-0.05, 0) is 48.4 Å². The molecule has 0 aromatic heterocycles. The lowest BCUT2D eigenvalue weighted by atomic mass is 10.1. The summed E-state index contributed by atoms with van der Waals surface area (Å²) in [5.74, 6) is -0.419. The first-order valence-electron chi connectivity index (χ1n) is 9.76. The van der Waals surface area contributed by atoms with E-state index in [0.29, 0.717) is 17.1 Å². The Balaban J connectivity index is 1.70. The zero-order chi connectivity index (χ0) is 20.9. The minimum absolute atomic E-state index is 0.0541.